The van der Waals surface area contributed by atoms with E-state index >= 15 is 0 Å². The van der Waals surface area contributed by atoms with Crippen molar-refractivity contribution in [2.24, 2.45) is 0 Å². The predicted octanol–water partition coefficient (Wildman–Crippen LogP) is 0.842. The van der Waals surface area contributed by atoms with Crippen LogP contribution in [0.2, 0.25) is 0 Å². The summed E-state index contributed by atoms with van der Waals surface area (Å²) in [7, 11) is 0. The fourth-order valence-electron chi connectivity index (χ4n) is 2.06. The molecule has 0 aromatic heterocycles. The van der Waals surface area contributed by atoms with Gasteiger partial charge in [-0.25, -0.2) is 4.79 Å². The maximum absolute atomic E-state index is 11.4. The van der Waals surface area contributed by atoms with E-state index in [0.29, 0.717) is 0 Å². The maximum Gasteiger partial charge on any atom is 0.341 e. The van der Waals surface area contributed by atoms with E-state index in [0.717, 1.165) is 0 Å². The highest BCUT2D eigenvalue weighted by Crippen LogP contribution is 2.43. The fourth-order valence-corrected chi connectivity index (χ4v) is 2.06. The van der Waals surface area contributed by atoms with Gasteiger partial charge in [-0.3, -0.25) is 0 Å². The average molecular weight is 186 g/mol. The van der Waals surface area contributed by atoms with Crippen molar-refractivity contribution in [3.63, 3.8) is 0 Å². The van der Waals surface area contributed by atoms with Crippen molar-refractivity contribution in [2.45, 2.75) is 51.3 Å². The second-order valence-corrected chi connectivity index (χ2v) is 4.26. The second-order valence-electron chi connectivity index (χ2n) is 4.26. The van der Waals surface area contributed by atoms with E-state index in [1.165, 1.54) is 0 Å². The number of esters is 1. The minimum Gasteiger partial charge on any atom is -0.458 e. The smallest absolute Gasteiger partial charge is 0.341 e. The van der Waals surface area contributed by atoms with E-state index in [9.17, 15) is 4.79 Å². The van der Waals surface area contributed by atoms with E-state index in [1.807, 2.05) is 6.92 Å². The number of rotatable bonds is 0. The van der Waals surface area contributed by atoms with Crippen molar-refractivity contribution in [1.82, 2.24) is 0 Å². The molecule has 0 spiro atoms. The summed E-state index contributed by atoms with van der Waals surface area (Å²) in [5.41, 5.74) is -0.914. The first kappa shape index (κ1) is 8.97. The molecule has 13 heavy (non-hydrogen) atoms. The molecule has 2 saturated heterocycles. The number of cyclic esters (lactones) is 1. The van der Waals surface area contributed by atoms with E-state index < -0.39 is 11.4 Å². The zero-order valence-electron chi connectivity index (χ0n) is 8.29. The van der Waals surface area contributed by atoms with Gasteiger partial charge in [0, 0.05) is 0 Å². The van der Waals surface area contributed by atoms with Crippen LogP contribution in [0.3, 0.4) is 0 Å². The topological polar surface area (TPSA) is 44.8 Å². The fraction of sp³-hybridized carbons (Fsp3) is 0.889. The highest BCUT2D eigenvalue weighted by atomic mass is 16.8. The number of hydrogen-bond donors (Lipinski definition) is 0. The van der Waals surface area contributed by atoms with Gasteiger partial charge in [0.05, 0.1) is 0 Å². The summed E-state index contributed by atoms with van der Waals surface area (Å²) in [5, 5.41) is 0. The SMILES string of the molecule is CC1OC(=O)C2(C)OC(C)(C)OC12. The Labute approximate surface area is 77.1 Å². The van der Waals surface area contributed by atoms with Gasteiger partial charge in [-0.2, -0.15) is 0 Å². The lowest BCUT2D eigenvalue weighted by Gasteiger charge is -2.20. The lowest BCUT2D eigenvalue weighted by Crippen LogP contribution is -2.40. The first-order chi connectivity index (χ1) is 5.85. The Kier molecular flexibility index (Phi) is 1.55. The molecule has 4 nitrogen and oxygen atoms in total. The van der Waals surface area contributed by atoms with Crippen molar-refractivity contribution in [1.29, 1.82) is 0 Å². The van der Waals surface area contributed by atoms with Crippen LogP contribution in [0.4, 0.5) is 0 Å². The molecular formula is C9H14O4. The van der Waals surface area contributed by atoms with E-state index in [4.69, 9.17) is 14.2 Å². The first-order valence-corrected chi connectivity index (χ1v) is 4.44. The molecule has 4 heteroatoms. The largest absolute Gasteiger partial charge is 0.458 e. The standard InChI is InChI=1S/C9H14O4/c1-5-6-9(4,7(10)11-5)13-8(2,3)12-6/h5-6H,1-4H3. The van der Waals surface area contributed by atoms with Crippen molar-refractivity contribution < 1.29 is 19.0 Å². The normalized spacial score (nSPS) is 47.5. The van der Waals surface area contributed by atoms with Crippen LogP contribution in [0, 0.1) is 0 Å². The molecule has 0 aromatic carbocycles. The first-order valence-electron chi connectivity index (χ1n) is 4.44. The molecule has 2 rings (SSSR count). The van der Waals surface area contributed by atoms with Crippen LogP contribution in [0.15, 0.2) is 0 Å². The second kappa shape index (κ2) is 2.25. The maximum atomic E-state index is 11.4. The van der Waals surface area contributed by atoms with Crippen LogP contribution >= 0.6 is 0 Å². The molecule has 0 N–H and O–H groups in total. The summed E-state index contributed by atoms with van der Waals surface area (Å²) in [6, 6.07) is 0. The third-order valence-electron chi connectivity index (χ3n) is 2.54. The molecule has 0 bridgehead atoms. The van der Waals surface area contributed by atoms with Crippen molar-refractivity contribution >= 4 is 5.97 Å². The Bertz CT molecular complexity index is 260. The van der Waals surface area contributed by atoms with E-state index in [2.05, 4.69) is 0 Å². The van der Waals surface area contributed by atoms with Gasteiger partial charge in [0.25, 0.3) is 0 Å². The molecule has 3 atom stereocenters. The van der Waals surface area contributed by atoms with Gasteiger partial charge < -0.3 is 14.2 Å². The lowest BCUT2D eigenvalue weighted by atomic mass is 9.99. The third kappa shape index (κ3) is 1.09. The van der Waals surface area contributed by atoms with Crippen LogP contribution in [-0.2, 0) is 19.0 Å². The number of hydrogen-bond acceptors (Lipinski definition) is 4. The average Bonchev–Trinajstić information content (AvgIpc) is 2.30. The lowest BCUT2D eigenvalue weighted by molar-refractivity contribution is -0.195. The summed E-state index contributed by atoms with van der Waals surface area (Å²) in [4.78, 5) is 11.4. The van der Waals surface area contributed by atoms with Crippen LogP contribution in [0.25, 0.3) is 0 Å². The summed E-state index contributed by atoms with van der Waals surface area (Å²) < 4.78 is 16.2. The van der Waals surface area contributed by atoms with E-state index in [1.54, 1.807) is 20.8 Å². The summed E-state index contributed by atoms with van der Waals surface area (Å²) >= 11 is 0. The van der Waals surface area contributed by atoms with Crippen molar-refractivity contribution in [3.8, 4) is 0 Å². The Morgan fingerprint density at radius 1 is 1.31 bits per heavy atom. The van der Waals surface area contributed by atoms with Gasteiger partial charge >= 0.3 is 5.97 Å². The molecule has 2 aliphatic heterocycles. The molecular weight excluding hydrogens is 172 g/mol. The van der Waals surface area contributed by atoms with Crippen LogP contribution in [-0.4, -0.2) is 29.6 Å². The van der Waals surface area contributed by atoms with E-state index in [-0.39, 0.29) is 18.2 Å². The van der Waals surface area contributed by atoms with Gasteiger partial charge in [0.2, 0.25) is 0 Å². The molecule has 0 radical (unpaired) electrons. The Balaban J connectivity index is 2.33. The van der Waals surface area contributed by atoms with Gasteiger partial charge in [-0.1, -0.05) is 0 Å². The molecule has 0 aliphatic carbocycles. The molecule has 2 aliphatic rings. The molecule has 0 aromatic rings. The zero-order valence-corrected chi connectivity index (χ0v) is 8.29. The zero-order chi connectivity index (χ0) is 9.85. The van der Waals surface area contributed by atoms with Gasteiger partial charge in [0.15, 0.2) is 11.4 Å². The Hall–Kier alpha value is -0.610. The summed E-state index contributed by atoms with van der Waals surface area (Å²) in [6.45, 7) is 7.14. The summed E-state index contributed by atoms with van der Waals surface area (Å²) in [5.74, 6) is -1.01. The molecule has 2 heterocycles. The number of carbonyl (C=O) groups is 1. The molecule has 0 saturated carbocycles. The van der Waals surface area contributed by atoms with Crippen LogP contribution in [0.1, 0.15) is 27.7 Å². The minimum atomic E-state index is -0.914. The molecule has 0 amide bonds. The molecule has 74 valence electrons. The number of carbonyl (C=O) groups excluding carboxylic acids is 1. The molecule has 3 unspecified atom stereocenters. The third-order valence-corrected chi connectivity index (χ3v) is 2.54. The Morgan fingerprint density at radius 3 is 2.46 bits per heavy atom. The number of fused-ring (bicyclic) bond motifs is 1. The van der Waals surface area contributed by atoms with Gasteiger partial charge in [-0.05, 0) is 27.7 Å². The highest BCUT2D eigenvalue weighted by Gasteiger charge is 2.63. The highest BCUT2D eigenvalue weighted by molar-refractivity contribution is 5.83. The van der Waals surface area contributed by atoms with Gasteiger partial charge in [-0.15, -0.1) is 0 Å². The van der Waals surface area contributed by atoms with Crippen LogP contribution < -0.4 is 0 Å². The monoisotopic (exact) mass is 186 g/mol. The van der Waals surface area contributed by atoms with Crippen molar-refractivity contribution in [2.75, 3.05) is 0 Å². The summed E-state index contributed by atoms with van der Waals surface area (Å²) in [6.07, 6.45) is -0.505. The molecule has 2 fully saturated rings. The van der Waals surface area contributed by atoms with Crippen molar-refractivity contribution in [3.05, 3.63) is 0 Å². The minimum absolute atomic E-state index is 0.223. The predicted molar refractivity (Wildman–Crippen MR) is 44.0 cm³/mol. The van der Waals surface area contributed by atoms with Gasteiger partial charge in [0.1, 0.15) is 12.2 Å². The Morgan fingerprint density at radius 2 is 1.92 bits per heavy atom. The quantitative estimate of drug-likeness (QED) is 0.526. The van der Waals surface area contributed by atoms with Crippen LogP contribution in [0.5, 0.6) is 0 Å². The number of ether oxygens (including phenoxy) is 3.